The summed E-state index contributed by atoms with van der Waals surface area (Å²) in [7, 11) is 1.71. The monoisotopic (exact) mass is 309 g/mol. The third kappa shape index (κ3) is 7.26. The number of nitrogens with one attached hydrogen (secondary N) is 2. The maximum Gasteiger partial charge on any atom is 0.413 e. The first-order valence-corrected chi connectivity index (χ1v) is 7.36. The van der Waals surface area contributed by atoms with Crippen molar-refractivity contribution in [3.8, 4) is 0 Å². The van der Waals surface area contributed by atoms with E-state index in [0.717, 1.165) is 18.7 Å². The van der Waals surface area contributed by atoms with Crippen molar-refractivity contribution >= 4 is 17.6 Å². The molecule has 1 aromatic heterocycles. The number of carbonyl (C=O) groups excluding carboxylic acids is 1. The normalized spacial score (nSPS) is 11.9. The van der Waals surface area contributed by atoms with Crippen molar-refractivity contribution in [2.45, 2.75) is 52.2 Å². The van der Waals surface area contributed by atoms with Crippen LogP contribution in [-0.2, 0) is 9.47 Å². The summed E-state index contributed by atoms with van der Waals surface area (Å²) in [6.07, 6.45) is 2.04. The van der Waals surface area contributed by atoms with E-state index in [4.69, 9.17) is 9.47 Å². The van der Waals surface area contributed by atoms with Gasteiger partial charge in [0.25, 0.3) is 0 Å². The largest absolute Gasteiger partial charge is 0.444 e. The highest BCUT2D eigenvalue weighted by Gasteiger charge is 2.17. The van der Waals surface area contributed by atoms with Crippen LogP contribution in [0.5, 0.6) is 0 Å². The van der Waals surface area contributed by atoms with Gasteiger partial charge < -0.3 is 14.8 Å². The summed E-state index contributed by atoms with van der Waals surface area (Å²) in [4.78, 5) is 15.8. The van der Waals surface area contributed by atoms with Gasteiger partial charge in [-0.3, -0.25) is 5.32 Å². The Hall–Kier alpha value is -1.82. The molecule has 6 heteroatoms. The molecule has 6 nitrogen and oxygen atoms in total. The molecule has 0 aliphatic rings. The van der Waals surface area contributed by atoms with Crippen molar-refractivity contribution < 1.29 is 14.3 Å². The quantitative estimate of drug-likeness (QED) is 0.839. The Morgan fingerprint density at radius 2 is 1.91 bits per heavy atom. The minimum absolute atomic E-state index is 0.154. The van der Waals surface area contributed by atoms with Crippen molar-refractivity contribution in [1.82, 2.24) is 4.98 Å². The number of carbonyl (C=O) groups is 1. The minimum atomic E-state index is -0.528. The molecule has 1 rings (SSSR count). The third-order valence-electron chi connectivity index (χ3n) is 3.00. The molecule has 0 saturated heterocycles. The lowest BCUT2D eigenvalue weighted by molar-refractivity contribution is 0.0185. The summed E-state index contributed by atoms with van der Waals surface area (Å²) in [6.45, 7) is 10.3. The molecule has 1 aromatic rings. The third-order valence-corrected chi connectivity index (χ3v) is 3.00. The summed E-state index contributed by atoms with van der Waals surface area (Å²) in [5.41, 5.74) is 0.208. The van der Waals surface area contributed by atoms with Crippen LogP contribution in [0, 0.1) is 0 Å². The molecule has 1 heterocycles. The molecule has 0 aliphatic heterocycles. The number of nitrogens with zero attached hydrogens (tertiary/aromatic N) is 1. The zero-order chi connectivity index (χ0) is 16.8. The minimum Gasteiger partial charge on any atom is -0.444 e. The lowest BCUT2D eigenvalue weighted by atomic mass is 10.1. The van der Waals surface area contributed by atoms with E-state index in [0.29, 0.717) is 5.82 Å². The molecule has 0 aromatic carbocycles. The van der Waals surface area contributed by atoms with Crippen LogP contribution in [0.2, 0.25) is 0 Å². The molecule has 0 atom stereocenters. The van der Waals surface area contributed by atoms with Gasteiger partial charge in [-0.2, -0.15) is 0 Å². The zero-order valence-corrected chi connectivity index (χ0v) is 14.3. The molecule has 22 heavy (non-hydrogen) atoms. The van der Waals surface area contributed by atoms with E-state index in [1.807, 2.05) is 40.7 Å². The number of methoxy groups -OCH3 is 1. The van der Waals surface area contributed by atoms with Crippen molar-refractivity contribution in [2.75, 3.05) is 24.3 Å². The van der Waals surface area contributed by atoms with Gasteiger partial charge in [0.1, 0.15) is 11.4 Å². The predicted octanol–water partition coefficient (Wildman–Crippen LogP) is 3.66. The molecule has 124 valence electrons. The van der Waals surface area contributed by atoms with E-state index in [1.165, 1.54) is 0 Å². The van der Waals surface area contributed by atoms with Gasteiger partial charge >= 0.3 is 6.09 Å². The Kier molecular flexibility index (Phi) is 6.17. The second-order valence-electron chi connectivity index (χ2n) is 6.70. The summed E-state index contributed by atoms with van der Waals surface area (Å²) in [5, 5.41) is 5.86. The fraction of sp³-hybridized carbons (Fsp3) is 0.625. The lowest BCUT2D eigenvalue weighted by Crippen LogP contribution is -2.27. The molecule has 0 aliphatic carbocycles. The standard InChI is InChI=1S/C16H27N3O3/c1-15(2,3)22-14(20)19-13-8-7-12(11-18-13)17-10-9-16(4,5)21-6/h7-8,11,17H,9-10H2,1-6H3,(H,18,19,20). The Balaban J connectivity index is 2.45. The summed E-state index contributed by atoms with van der Waals surface area (Å²) < 4.78 is 10.5. The fourth-order valence-corrected chi connectivity index (χ4v) is 1.59. The topological polar surface area (TPSA) is 72.5 Å². The van der Waals surface area contributed by atoms with Crippen LogP contribution in [0.4, 0.5) is 16.3 Å². The van der Waals surface area contributed by atoms with Crippen LogP contribution in [0.15, 0.2) is 18.3 Å². The Labute approximate surface area is 132 Å². The molecular weight excluding hydrogens is 282 g/mol. The molecule has 0 bridgehead atoms. The maximum atomic E-state index is 11.6. The van der Waals surface area contributed by atoms with Gasteiger partial charge in [0.2, 0.25) is 0 Å². The van der Waals surface area contributed by atoms with Gasteiger partial charge in [-0.15, -0.1) is 0 Å². The first-order valence-electron chi connectivity index (χ1n) is 7.36. The fourth-order valence-electron chi connectivity index (χ4n) is 1.59. The number of anilines is 2. The van der Waals surface area contributed by atoms with Crippen molar-refractivity contribution in [2.24, 2.45) is 0 Å². The van der Waals surface area contributed by atoms with Crippen LogP contribution in [-0.4, -0.2) is 35.9 Å². The number of ether oxygens (including phenoxy) is 2. The molecule has 0 radical (unpaired) electrons. The molecule has 1 amide bonds. The van der Waals surface area contributed by atoms with E-state index in [1.54, 1.807) is 19.4 Å². The first-order chi connectivity index (χ1) is 10.1. The van der Waals surface area contributed by atoms with Gasteiger partial charge in [-0.1, -0.05) is 0 Å². The van der Waals surface area contributed by atoms with Crippen LogP contribution >= 0.6 is 0 Å². The van der Waals surface area contributed by atoms with Gasteiger partial charge in [-0.05, 0) is 53.2 Å². The molecule has 0 fully saturated rings. The zero-order valence-electron chi connectivity index (χ0n) is 14.3. The highest BCUT2D eigenvalue weighted by Crippen LogP contribution is 2.15. The van der Waals surface area contributed by atoms with Gasteiger partial charge in [0.15, 0.2) is 0 Å². The SMILES string of the molecule is COC(C)(C)CCNc1ccc(NC(=O)OC(C)(C)C)nc1. The Morgan fingerprint density at radius 1 is 1.23 bits per heavy atom. The summed E-state index contributed by atoms with van der Waals surface area (Å²) in [5.74, 6) is 0.456. The van der Waals surface area contributed by atoms with Crippen LogP contribution in [0.1, 0.15) is 41.0 Å². The van der Waals surface area contributed by atoms with Crippen molar-refractivity contribution in [3.63, 3.8) is 0 Å². The number of aromatic nitrogens is 1. The number of amides is 1. The molecule has 2 N–H and O–H groups in total. The van der Waals surface area contributed by atoms with E-state index >= 15 is 0 Å². The van der Waals surface area contributed by atoms with Crippen LogP contribution < -0.4 is 10.6 Å². The van der Waals surface area contributed by atoms with Gasteiger partial charge in [0.05, 0.1) is 17.5 Å². The second-order valence-corrected chi connectivity index (χ2v) is 6.70. The summed E-state index contributed by atoms with van der Waals surface area (Å²) in [6, 6.07) is 3.59. The van der Waals surface area contributed by atoms with E-state index < -0.39 is 11.7 Å². The predicted molar refractivity (Wildman–Crippen MR) is 88.3 cm³/mol. The van der Waals surface area contributed by atoms with Gasteiger partial charge in [-0.25, -0.2) is 9.78 Å². The molecular formula is C16H27N3O3. The first kappa shape index (κ1) is 18.2. The highest BCUT2D eigenvalue weighted by atomic mass is 16.6. The van der Waals surface area contributed by atoms with Crippen molar-refractivity contribution in [1.29, 1.82) is 0 Å². The number of hydrogen-bond acceptors (Lipinski definition) is 5. The number of rotatable bonds is 6. The number of pyridine rings is 1. The lowest BCUT2D eigenvalue weighted by Gasteiger charge is -2.23. The maximum absolute atomic E-state index is 11.6. The smallest absolute Gasteiger partial charge is 0.413 e. The Morgan fingerprint density at radius 3 is 2.41 bits per heavy atom. The van der Waals surface area contributed by atoms with Crippen LogP contribution in [0.3, 0.4) is 0 Å². The van der Waals surface area contributed by atoms with Gasteiger partial charge in [0, 0.05) is 13.7 Å². The van der Waals surface area contributed by atoms with Crippen molar-refractivity contribution in [3.05, 3.63) is 18.3 Å². The average molecular weight is 309 g/mol. The average Bonchev–Trinajstić information content (AvgIpc) is 2.38. The van der Waals surface area contributed by atoms with Crippen LogP contribution in [0.25, 0.3) is 0 Å². The second kappa shape index (κ2) is 7.45. The van der Waals surface area contributed by atoms with E-state index in [2.05, 4.69) is 15.6 Å². The van der Waals surface area contributed by atoms with E-state index in [9.17, 15) is 4.79 Å². The molecule has 0 unspecified atom stereocenters. The number of hydrogen-bond donors (Lipinski definition) is 2. The summed E-state index contributed by atoms with van der Waals surface area (Å²) >= 11 is 0. The molecule has 0 spiro atoms. The molecule has 0 saturated carbocycles. The Bertz CT molecular complexity index is 478. The van der Waals surface area contributed by atoms with E-state index in [-0.39, 0.29) is 5.60 Å². The highest BCUT2D eigenvalue weighted by molar-refractivity contribution is 5.83.